The second kappa shape index (κ2) is 7.17. The molecule has 0 radical (unpaired) electrons. The van der Waals surface area contributed by atoms with E-state index in [1.807, 2.05) is 6.07 Å². The lowest BCUT2D eigenvalue weighted by atomic mass is 10.0. The zero-order valence-electron chi connectivity index (χ0n) is 12.4. The van der Waals surface area contributed by atoms with Gasteiger partial charge in [-0.15, -0.1) is 0 Å². The van der Waals surface area contributed by atoms with Crippen LogP contribution in [0.1, 0.15) is 19.8 Å². The molecule has 1 atom stereocenters. The van der Waals surface area contributed by atoms with E-state index in [0.717, 1.165) is 0 Å². The number of methoxy groups -OCH3 is 1. The standard InChI is InChI=1S/C16H17NO4S/c1-11(18)17-14-9-8-12(16(19)21-2)10-15(14)22(20)13-6-4-3-5-7-13/h3-8H,9-10H2,1-2H3,(H,17,18). The third-order valence-electron chi connectivity index (χ3n) is 3.20. The average Bonchev–Trinajstić information content (AvgIpc) is 2.54. The van der Waals surface area contributed by atoms with Crippen LogP contribution >= 0.6 is 0 Å². The zero-order valence-corrected chi connectivity index (χ0v) is 13.2. The molecule has 0 spiro atoms. The van der Waals surface area contributed by atoms with Gasteiger partial charge in [-0.3, -0.25) is 4.79 Å². The molecule has 0 fully saturated rings. The van der Waals surface area contributed by atoms with E-state index in [4.69, 9.17) is 4.74 Å². The van der Waals surface area contributed by atoms with Crippen LogP contribution in [0.4, 0.5) is 0 Å². The molecule has 1 aromatic rings. The number of rotatable bonds is 4. The molecular formula is C16H17NO4S. The summed E-state index contributed by atoms with van der Waals surface area (Å²) in [7, 11) is -0.130. The maximum atomic E-state index is 12.8. The first-order valence-electron chi connectivity index (χ1n) is 6.76. The Kier molecular flexibility index (Phi) is 5.27. The SMILES string of the molecule is COC(=O)C1=CCC(NC(C)=O)=C(S(=O)c2ccccc2)C1. The summed E-state index contributed by atoms with van der Waals surface area (Å²) in [6, 6.07) is 8.94. The molecule has 0 saturated carbocycles. The predicted octanol–water partition coefficient (Wildman–Crippen LogP) is 2.04. The Balaban J connectivity index is 2.35. The molecule has 116 valence electrons. The van der Waals surface area contributed by atoms with E-state index in [2.05, 4.69) is 5.32 Å². The molecule has 5 nitrogen and oxygen atoms in total. The Morgan fingerprint density at radius 3 is 2.50 bits per heavy atom. The highest BCUT2D eigenvalue weighted by atomic mass is 32.2. The van der Waals surface area contributed by atoms with Crippen LogP contribution in [0.5, 0.6) is 0 Å². The van der Waals surface area contributed by atoms with Gasteiger partial charge in [-0.05, 0) is 12.1 Å². The Morgan fingerprint density at radius 2 is 1.91 bits per heavy atom. The summed E-state index contributed by atoms with van der Waals surface area (Å²) in [6.45, 7) is 1.40. The number of amides is 1. The normalized spacial score (nSPS) is 15.8. The van der Waals surface area contributed by atoms with Crippen LogP contribution < -0.4 is 5.32 Å². The number of hydrogen-bond acceptors (Lipinski definition) is 4. The highest BCUT2D eigenvalue weighted by Crippen LogP contribution is 2.29. The van der Waals surface area contributed by atoms with Crippen LogP contribution in [0.2, 0.25) is 0 Å². The molecule has 0 heterocycles. The molecule has 0 aromatic heterocycles. The van der Waals surface area contributed by atoms with Crippen LogP contribution in [0.25, 0.3) is 0 Å². The van der Waals surface area contributed by atoms with Crippen molar-refractivity contribution in [3.8, 4) is 0 Å². The van der Waals surface area contributed by atoms with Gasteiger partial charge in [-0.2, -0.15) is 0 Å². The first-order chi connectivity index (χ1) is 10.5. The molecule has 1 amide bonds. The summed E-state index contributed by atoms with van der Waals surface area (Å²) in [5.41, 5.74) is 1.04. The fraction of sp³-hybridized carbons (Fsp3) is 0.250. The van der Waals surface area contributed by atoms with Gasteiger partial charge in [0.2, 0.25) is 5.91 Å². The number of nitrogens with one attached hydrogen (secondary N) is 1. The van der Waals surface area contributed by atoms with Crippen LogP contribution in [-0.4, -0.2) is 23.2 Å². The van der Waals surface area contributed by atoms with Gasteiger partial charge in [0.15, 0.2) is 0 Å². The molecule has 1 N–H and O–H groups in total. The molecule has 1 aromatic carbocycles. The summed E-state index contributed by atoms with van der Waals surface area (Å²) >= 11 is 0. The van der Waals surface area contributed by atoms with E-state index < -0.39 is 16.8 Å². The molecular weight excluding hydrogens is 302 g/mol. The molecule has 0 aliphatic heterocycles. The molecule has 22 heavy (non-hydrogen) atoms. The van der Waals surface area contributed by atoms with Gasteiger partial charge in [0.05, 0.1) is 17.9 Å². The summed E-state index contributed by atoms with van der Waals surface area (Å²) in [5, 5.41) is 2.71. The number of allylic oxidation sites excluding steroid dienone is 2. The van der Waals surface area contributed by atoms with Gasteiger partial charge >= 0.3 is 5.97 Å². The van der Waals surface area contributed by atoms with Crippen LogP contribution in [-0.2, 0) is 25.1 Å². The van der Waals surface area contributed by atoms with Crippen molar-refractivity contribution in [2.75, 3.05) is 7.11 Å². The molecule has 0 bridgehead atoms. The summed E-state index contributed by atoms with van der Waals surface area (Å²) in [4.78, 5) is 24.2. The maximum absolute atomic E-state index is 12.8. The Morgan fingerprint density at radius 1 is 1.23 bits per heavy atom. The lowest BCUT2D eigenvalue weighted by Gasteiger charge is -2.20. The first-order valence-corrected chi connectivity index (χ1v) is 7.91. The first kappa shape index (κ1) is 16.2. The Bertz CT molecular complexity index is 677. The third kappa shape index (κ3) is 3.71. The molecule has 6 heteroatoms. The van der Waals surface area contributed by atoms with E-state index in [9.17, 15) is 13.8 Å². The van der Waals surface area contributed by atoms with E-state index in [1.165, 1.54) is 14.0 Å². The number of carbonyl (C=O) groups is 2. The predicted molar refractivity (Wildman–Crippen MR) is 83.0 cm³/mol. The summed E-state index contributed by atoms with van der Waals surface area (Å²) in [5.74, 6) is -0.670. The number of ether oxygens (including phenoxy) is 1. The zero-order chi connectivity index (χ0) is 16.1. The monoisotopic (exact) mass is 319 g/mol. The third-order valence-corrected chi connectivity index (χ3v) is 4.73. The average molecular weight is 319 g/mol. The lowest BCUT2D eigenvalue weighted by Crippen LogP contribution is -2.24. The van der Waals surface area contributed by atoms with Crippen molar-refractivity contribution in [3.63, 3.8) is 0 Å². The van der Waals surface area contributed by atoms with E-state index in [0.29, 0.717) is 27.5 Å². The van der Waals surface area contributed by atoms with Crippen LogP contribution in [0.15, 0.2) is 57.5 Å². The second-order valence-electron chi connectivity index (χ2n) is 4.77. The quantitative estimate of drug-likeness (QED) is 0.862. The lowest BCUT2D eigenvalue weighted by molar-refractivity contribution is -0.136. The summed E-state index contributed by atoms with van der Waals surface area (Å²) < 4.78 is 17.5. The Labute approximate surface area is 131 Å². The molecule has 1 aliphatic carbocycles. The highest BCUT2D eigenvalue weighted by Gasteiger charge is 2.24. The van der Waals surface area contributed by atoms with Crippen molar-refractivity contribution in [2.45, 2.75) is 24.7 Å². The van der Waals surface area contributed by atoms with E-state index in [-0.39, 0.29) is 12.3 Å². The fourth-order valence-corrected chi connectivity index (χ4v) is 3.51. The number of benzene rings is 1. The number of esters is 1. The van der Waals surface area contributed by atoms with Gasteiger partial charge in [-0.1, -0.05) is 24.3 Å². The van der Waals surface area contributed by atoms with E-state index >= 15 is 0 Å². The molecule has 1 unspecified atom stereocenters. The topological polar surface area (TPSA) is 72.5 Å². The smallest absolute Gasteiger partial charge is 0.333 e. The van der Waals surface area contributed by atoms with Crippen LogP contribution in [0, 0.1) is 0 Å². The highest BCUT2D eigenvalue weighted by molar-refractivity contribution is 7.89. The van der Waals surface area contributed by atoms with Crippen molar-refractivity contribution in [3.05, 3.63) is 52.6 Å². The van der Waals surface area contributed by atoms with Gasteiger partial charge in [0, 0.05) is 40.8 Å². The summed E-state index contributed by atoms with van der Waals surface area (Å²) in [6.07, 6.45) is 2.24. The fourth-order valence-electron chi connectivity index (χ4n) is 2.17. The molecule has 1 aliphatic rings. The van der Waals surface area contributed by atoms with Crippen molar-refractivity contribution in [1.29, 1.82) is 0 Å². The van der Waals surface area contributed by atoms with Gasteiger partial charge < -0.3 is 10.1 Å². The second-order valence-corrected chi connectivity index (χ2v) is 6.27. The van der Waals surface area contributed by atoms with Gasteiger partial charge in [0.25, 0.3) is 0 Å². The molecule has 2 rings (SSSR count). The maximum Gasteiger partial charge on any atom is 0.333 e. The number of hydrogen-bond donors (Lipinski definition) is 1. The molecule has 0 saturated heterocycles. The van der Waals surface area contributed by atoms with E-state index in [1.54, 1.807) is 30.3 Å². The largest absolute Gasteiger partial charge is 0.466 e. The van der Waals surface area contributed by atoms with Crippen LogP contribution in [0.3, 0.4) is 0 Å². The van der Waals surface area contributed by atoms with Crippen molar-refractivity contribution < 1.29 is 18.5 Å². The van der Waals surface area contributed by atoms with Gasteiger partial charge in [0.1, 0.15) is 0 Å². The minimum absolute atomic E-state index is 0.198. The Hall–Kier alpha value is -2.21. The number of carbonyl (C=O) groups excluding carboxylic acids is 2. The minimum Gasteiger partial charge on any atom is -0.466 e. The van der Waals surface area contributed by atoms with Gasteiger partial charge in [-0.25, -0.2) is 9.00 Å². The minimum atomic E-state index is -1.44. The van der Waals surface area contributed by atoms with Crippen molar-refractivity contribution in [2.24, 2.45) is 0 Å². The van der Waals surface area contributed by atoms with Crippen molar-refractivity contribution in [1.82, 2.24) is 5.32 Å². The van der Waals surface area contributed by atoms with Crippen molar-refractivity contribution >= 4 is 22.7 Å².